The molecule has 0 bridgehead atoms. The molecule has 6 heteroatoms. The Morgan fingerprint density at radius 3 is 2.56 bits per heavy atom. The molecule has 0 aliphatic carbocycles. The molecular weight excluding hydrogens is 256 g/mol. The van der Waals surface area contributed by atoms with E-state index in [4.69, 9.17) is 21.1 Å². The first-order valence-corrected chi connectivity index (χ1v) is 6.28. The maximum atomic E-state index is 11.8. The first kappa shape index (κ1) is 13.2. The number of aromatic nitrogens is 2. The second kappa shape index (κ2) is 5.63. The van der Waals surface area contributed by atoms with Crippen molar-refractivity contribution < 1.29 is 14.3 Å². The molecule has 0 N–H and O–H groups in total. The van der Waals surface area contributed by atoms with Gasteiger partial charge in [0.2, 0.25) is 0 Å². The van der Waals surface area contributed by atoms with E-state index < -0.39 is 5.97 Å². The highest BCUT2D eigenvalue weighted by atomic mass is 35.5. The number of hydrogen-bond acceptors (Lipinski definition) is 5. The van der Waals surface area contributed by atoms with E-state index in [2.05, 4.69) is 10.2 Å². The summed E-state index contributed by atoms with van der Waals surface area (Å²) in [4.78, 5) is 11.8. The predicted molar refractivity (Wildman–Crippen MR) is 65.5 cm³/mol. The first-order chi connectivity index (χ1) is 8.54. The molecule has 0 spiro atoms. The van der Waals surface area contributed by atoms with Gasteiger partial charge in [0.1, 0.15) is 6.10 Å². The minimum Gasteiger partial charge on any atom is -0.457 e. The van der Waals surface area contributed by atoms with Crippen LogP contribution in [0.5, 0.6) is 0 Å². The SMILES string of the molecule is CC1CC(OC(=O)c2ccc(Cl)nn2)CC(C)O1. The molecule has 0 saturated carbocycles. The summed E-state index contributed by atoms with van der Waals surface area (Å²) in [5.74, 6) is -0.467. The lowest BCUT2D eigenvalue weighted by Gasteiger charge is -2.31. The number of hydrogen-bond donors (Lipinski definition) is 0. The average Bonchev–Trinajstić information content (AvgIpc) is 2.28. The van der Waals surface area contributed by atoms with Crippen molar-refractivity contribution in [1.82, 2.24) is 10.2 Å². The fourth-order valence-corrected chi connectivity index (χ4v) is 2.18. The van der Waals surface area contributed by atoms with E-state index in [0.29, 0.717) is 12.8 Å². The van der Waals surface area contributed by atoms with Gasteiger partial charge in [0.05, 0.1) is 12.2 Å². The van der Waals surface area contributed by atoms with Crippen molar-refractivity contribution in [2.24, 2.45) is 0 Å². The molecule has 1 aliphatic heterocycles. The Morgan fingerprint density at radius 2 is 2.00 bits per heavy atom. The van der Waals surface area contributed by atoms with E-state index in [1.165, 1.54) is 12.1 Å². The number of halogens is 1. The lowest BCUT2D eigenvalue weighted by molar-refractivity contribution is -0.0857. The van der Waals surface area contributed by atoms with Crippen LogP contribution in [0.2, 0.25) is 5.15 Å². The summed E-state index contributed by atoms with van der Waals surface area (Å²) in [6.07, 6.45) is 1.48. The zero-order valence-electron chi connectivity index (χ0n) is 10.3. The van der Waals surface area contributed by atoms with Crippen LogP contribution in [-0.4, -0.2) is 34.5 Å². The van der Waals surface area contributed by atoms with Crippen LogP contribution in [0.4, 0.5) is 0 Å². The van der Waals surface area contributed by atoms with Crippen LogP contribution in [-0.2, 0) is 9.47 Å². The van der Waals surface area contributed by atoms with E-state index in [0.717, 1.165) is 0 Å². The van der Waals surface area contributed by atoms with Crippen LogP contribution in [0.15, 0.2) is 12.1 Å². The maximum Gasteiger partial charge on any atom is 0.359 e. The molecule has 2 atom stereocenters. The third kappa shape index (κ3) is 3.40. The minimum absolute atomic E-state index is 0.0999. The Labute approximate surface area is 110 Å². The highest BCUT2D eigenvalue weighted by Crippen LogP contribution is 2.22. The Hall–Kier alpha value is -1.20. The van der Waals surface area contributed by atoms with Gasteiger partial charge >= 0.3 is 5.97 Å². The smallest absolute Gasteiger partial charge is 0.359 e. The van der Waals surface area contributed by atoms with Gasteiger partial charge in [-0.05, 0) is 26.0 Å². The van der Waals surface area contributed by atoms with Gasteiger partial charge in [-0.25, -0.2) is 4.79 Å². The van der Waals surface area contributed by atoms with Gasteiger partial charge in [-0.3, -0.25) is 0 Å². The highest BCUT2D eigenvalue weighted by molar-refractivity contribution is 6.29. The summed E-state index contributed by atoms with van der Waals surface area (Å²) in [6.45, 7) is 3.94. The molecule has 0 radical (unpaired) electrons. The monoisotopic (exact) mass is 270 g/mol. The highest BCUT2D eigenvalue weighted by Gasteiger charge is 2.27. The van der Waals surface area contributed by atoms with Gasteiger partial charge < -0.3 is 9.47 Å². The van der Waals surface area contributed by atoms with Gasteiger partial charge in [-0.2, -0.15) is 0 Å². The van der Waals surface area contributed by atoms with Crippen molar-refractivity contribution in [2.45, 2.75) is 45.0 Å². The zero-order chi connectivity index (χ0) is 13.1. The van der Waals surface area contributed by atoms with Crippen LogP contribution in [0.25, 0.3) is 0 Å². The van der Waals surface area contributed by atoms with Crippen molar-refractivity contribution in [3.05, 3.63) is 23.0 Å². The second-order valence-electron chi connectivity index (χ2n) is 4.50. The van der Waals surface area contributed by atoms with Crippen molar-refractivity contribution in [1.29, 1.82) is 0 Å². The quantitative estimate of drug-likeness (QED) is 0.772. The summed E-state index contributed by atoms with van der Waals surface area (Å²) >= 11 is 5.60. The fourth-order valence-electron chi connectivity index (χ4n) is 2.08. The summed E-state index contributed by atoms with van der Waals surface area (Å²) < 4.78 is 11.0. The average molecular weight is 271 g/mol. The summed E-state index contributed by atoms with van der Waals surface area (Å²) in [7, 11) is 0. The van der Waals surface area contributed by atoms with Crippen molar-refractivity contribution in [2.75, 3.05) is 0 Å². The molecule has 1 aromatic rings. The molecule has 5 nitrogen and oxygen atoms in total. The normalized spacial score (nSPS) is 27.8. The van der Waals surface area contributed by atoms with E-state index >= 15 is 0 Å². The minimum atomic E-state index is -0.467. The van der Waals surface area contributed by atoms with Crippen LogP contribution in [0, 0.1) is 0 Å². The van der Waals surface area contributed by atoms with E-state index in [1.54, 1.807) is 0 Å². The van der Waals surface area contributed by atoms with Crippen LogP contribution in [0.1, 0.15) is 37.2 Å². The zero-order valence-corrected chi connectivity index (χ0v) is 11.1. The molecule has 18 heavy (non-hydrogen) atoms. The molecule has 1 aromatic heterocycles. The Morgan fingerprint density at radius 1 is 1.33 bits per heavy atom. The van der Waals surface area contributed by atoms with Gasteiger partial charge in [0.25, 0.3) is 0 Å². The number of ether oxygens (including phenoxy) is 2. The standard InChI is InChI=1S/C12H15ClN2O3/c1-7-5-9(6-8(2)17-7)18-12(16)10-3-4-11(13)15-14-10/h3-4,7-9H,5-6H2,1-2H3. The van der Waals surface area contributed by atoms with Crippen molar-refractivity contribution in [3.8, 4) is 0 Å². The topological polar surface area (TPSA) is 61.3 Å². The summed E-state index contributed by atoms with van der Waals surface area (Å²) in [5, 5.41) is 7.56. The molecule has 2 unspecified atom stereocenters. The summed E-state index contributed by atoms with van der Waals surface area (Å²) in [6, 6.07) is 3.02. The predicted octanol–water partition coefficient (Wildman–Crippen LogP) is 2.24. The molecule has 0 aromatic carbocycles. The Balaban J connectivity index is 1.96. The lowest BCUT2D eigenvalue weighted by atomic mass is 10.0. The third-order valence-corrected chi connectivity index (χ3v) is 2.97. The number of rotatable bonds is 2. The number of nitrogens with zero attached hydrogens (tertiary/aromatic N) is 2. The molecule has 2 heterocycles. The van der Waals surface area contributed by atoms with Crippen molar-refractivity contribution >= 4 is 17.6 Å². The first-order valence-electron chi connectivity index (χ1n) is 5.90. The number of carbonyl (C=O) groups excluding carboxylic acids is 1. The molecule has 1 fully saturated rings. The van der Waals surface area contributed by atoms with Gasteiger partial charge in [-0.15, -0.1) is 10.2 Å². The van der Waals surface area contributed by atoms with E-state index in [1.807, 2.05) is 13.8 Å². The third-order valence-electron chi connectivity index (χ3n) is 2.77. The molecule has 1 aliphatic rings. The fraction of sp³-hybridized carbons (Fsp3) is 0.583. The van der Waals surface area contributed by atoms with Gasteiger partial charge in [0, 0.05) is 12.8 Å². The van der Waals surface area contributed by atoms with E-state index in [-0.39, 0.29) is 29.2 Å². The molecular formula is C12H15ClN2O3. The van der Waals surface area contributed by atoms with Crippen LogP contribution < -0.4 is 0 Å². The maximum absolute atomic E-state index is 11.8. The molecule has 1 saturated heterocycles. The molecule has 98 valence electrons. The Bertz CT molecular complexity index is 414. The molecule has 0 amide bonds. The Kier molecular flexibility index (Phi) is 4.14. The second-order valence-corrected chi connectivity index (χ2v) is 4.88. The summed E-state index contributed by atoms with van der Waals surface area (Å²) in [5.41, 5.74) is 0.172. The van der Waals surface area contributed by atoms with Gasteiger partial charge in [0.15, 0.2) is 10.8 Å². The van der Waals surface area contributed by atoms with Crippen LogP contribution in [0.3, 0.4) is 0 Å². The largest absolute Gasteiger partial charge is 0.457 e. The van der Waals surface area contributed by atoms with E-state index in [9.17, 15) is 4.79 Å². The number of esters is 1. The lowest BCUT2D eigenvalue weighted by Crippen LogP contribution is -2.35. The van der Waals surface area contributed by atoms with Gasteiger partial charge in [-0.1, -0.05) is 11.6 Å². The molecule has 2 rings (SSSR count). The van der Waals surface area contributed by atoms with Crippen molar-refractivity contribution in [3.63, 3.8) is 0 Å². The number of carbonyl (C=O) groups is 1. The van der Waals surface area contributed by atoms with Crippen LogP contribution >= 0.6 is 11.6 Å².